The summed E-state index contributed by atoms with van der Waals surface area (Å²) in [6.45, 7) is 1.15. The predicted molar refractivity (Wildman–Crippen MR) is 31.8 cm³/mol. The molecule has 1 N–H and O–H groups in total. The average Bonchev–Trinajstić information content (AvgIpc) is 1.88. The molecule has 1 aliphatic heterocycles. The third-order valence-corrected chi connectivity index (χ3v) is 1.57. The molecule has 0 aromatic heterocycles. The summed E-state index contributed by atoms with van der Waals surface area (Å²) in [5.74, 6) is -0.0660. The van der Waals surface area contributed by atoms with Gasteiger partial charge in [-0.15, -0.1) is 0 Å². The van der Waals surface area contributed by atoms with Crippen molar-refractivity contribution >= 4 is 6.29 Å². The standard InChI is InChI=1S/C6H10NO2/c8-5-6-2-1-3-7(9)4-6/h6,9H,1-4H2. The quantitative estimate of drug-likeness (QED) is 0.548. The smallest absolute Gasteiger partial charge is 0.203 e. The first kappa shape index (κ1) is 6.71. The van der Waals surface area contributed by atoms with Crippen LogP contribution in [0.25, 0.3) is 0 Å². The molecule has 1 rings (SSSR count). The Morgan fingerprint density at radius 2 is 2.44 bits per heavy atom. The highest BCUT2D eigenvalue weighted by Crippen LogP contribution is 2.11. The molecule has 1 aliphatic rings. The fraction of sp³-hybridized carbons (Fsp3) is 0.833. The minimum atomic E-state index is -0.0660. The lowest BCUT2D eigenvalue weighted by molar-refractivity contribution is -0.110. The minimum Gasteiger partial charge on any atom is -0.314 e. The minimum absolute atomic E-state index is 0.0660. The Labute approximate surface area is 54.2 Å². The highest BCUT2D eigenvalue weighted by atomic mass is 16.5. The molecule has 3 nitrogen and oxygen atoms in total. The highest BCUT2D eigenvalue weighted by molar-refractivity contribution is 5.54. The van der Waals surface area contributed by atoms with Crippen LogP contribution in [0.3, 0.4) is 0 Å². The monoisotopic (exact) mass is 128 g/mol. The molecule has 0 aromatic rings. The second-order valence-corrected chi connectivity index (χ2v) is 2.37. The Kier molecular flexibility index (Phi) is 2.19. The number of piperidine rings is 1. The average molecular weight is 128 g/mol. The van der Waals surface area contributed by atoms with E-state index < -0.39 is 0 Å². The number of hydroxylamine groups is 2. The van der Waals surface area contributed by atoms with E-state index in [-0.39, 0.29) is 5.92 Å². The van der Waals surface area contributed by atoms with Crippen molar-refractivity contribution in [2.45, 2.75) is 12.8 Å². The summed E-state index contributed by atoms with van der Waals surface area (Å²) in [7, 11) is 0. The van der Waals surface area contributed by atoms with Crippen LogP contribution in [0.1, 0.15) is 12.8 Å². The van der Waals surface area contributed by atoms with Crippen molar-refractivity contribution in [3.8, 4) is 0 Å². The van der Waals surface area contributed by atoms with E-state index in [0.717, 1.165) is 12.8 Å². The lowest BCUT2D eigenvalue weighted by atomic mass is 10.0. The summed E-state index contributed by atoms with van der Waals surface area (Å²) in [5.41, 5.74) is 0. The van der Waals surface area contributed by atoms with Gasteiger partial charge in [0.1, 0.15) is 0 Å². The van der Waals surface area contributed by atoms with Gasteiger partial charge in [0.05, 0.1) is 0 Å². The third-order valence-electron chi connectivity index (χ3n) is 1.57. The lowest BCUT2D eigenvalue weighted by Crippen LogP contribution is -2.33. The maximum absolute atomic E-state index is 10.0. The normalized spacial score (nSPS) is 30.1. The van der Waals surface area contributed by atoms with Gasteiger partial charge in [0.15, 0.2) is 0 Å². The van der Waals surface area contributed by atoms with Gasteiger partial charge in [-0.1, -0.05) is 0 Å². The van der Waals surface area contributed by atoms with Crippen molar-refractivity contribution in [3.05, 3.63) is 0 Å². The molecule has 0 aromatic carbocycles. The van der Waals surface area contributed by atoms with Crippen molar-refractivity contribution < 1.29 is 10.0 Å². The summed E-state index contributed by atoms with van der Waals surface area (Å²) in [6, 6.07) is 0. The van der Waals surface area contributed by atoms with Crippen LogP contribution in [-0.2, 0) is 4.79 Å². The van der Waals surface area contributed by atoms with Crippen LogP contribution in [0.15, 0.2) is 0 Å². The van der Waals surface area contributed by atoms with Crippen LogP contribution in [0.4, 0.5) is 0 Å². The predicted octanol–water partition coefficient (Wildman–Crippen LogP) is 0.197. The Morgan fingerprint density at radius 1 is 1.67 bits per heavy atom. The fourth-order valence-corrected chi connectivity index (χ4v) is 1.05. The number of hydrogen-bond donors (Lipinski definition) is 1. The van der Waals surface area contributed by atoms with Crippen molar-refractivity contribution in [2.24, 2.45) is 5.92 Å². The van der Waals surface area contributed by atoms with Gasteiger partial charge in [-0.3, -0.25) is 4.79 Å². The molecular weight excluding hydrogens is 118 g/mol. The van der Waals surface area contributed by atoms with Gasteiger partial charge < -0.3 is 5.21 Å². The molecule has 0 aliphatic carbocycles. The van der Waals surface area contributed by atoms with E-state index in [1.807, 2.05) is 6.29 Å². The largest absolute Gasteiger partial charge is 0.314 e. The van der Waals surface area contributed by atoms with E-state index in [9.17, 15) is 4.79 Å². The molecule has 0 amide bonds. The van der Waals surface area contributed by atoms with Crippen molar-refractivity contribution in [1.82, 2.24) is 5.06 Å². The number of rotatable bonds is 1. The van der Waals surface area contributed by atoms with E-state index in [0.29, 0.717) is 13.1 Å². The van der Waals surface area contributed by atoms with Crippen LogP contribution in [0, 0.1) is 5.92 Å². The van der Waals surface area contributed by atoms with E-state index in [1.54, 1.807) is 0 Å². The summed E-state index contributed by atoms with van der Waals surface area (Å²) in [6.07, 6.45) is 3.66. The van der Waals surface area contributed by atoms with Crippen LogP contribution in [0.2, 0.25) is 0 Å². The number of nitrogens with zero attached hydrogens (tertiary/aromatic N) is 1. The molecule has 0 spiro atoms. The van der Waals surface area contributed by atoms with Gasteiger partial charge in [-0.05, 0) is 12.8 Å². The van der Waals surface area contributed by atoms with E-state index >= 15 is 0 Å². The maximum atomic E-state index is 10.0. The van der Waals surface area contributed by atoms with Crippen LogP contribution in [0.5, 0.6) is 0 Å². The molecule has 1 radical (unpaired) electrons. The molecule has 0 bridgehead atoms. The van der Waals surface area contributed by atoms with Gasteiger partial charge >= 0.3 is 0 Å². The number of carbonyl (C=O) groups excluding carboxylic acids is 1. The van der Waals surface area contributed by atoms with Gasteiger partial charge in [0.2, 0.25) is 6.29 Å². The van der Waals surface area contributed by atoms with Gasteiger partial charge in [0.25, 0.3) is 0 Å². The molecule has 1 fully saturated rings. The van der Waals surface area contributed by atoms with Crippen LogP contribution >= 0.6 is 0 Å². The van der Waals surface area contributed by atoms with Gasteiger partial charge in [0, 0.05) is 19.0 Å². The molecule has 51 valence electrons. The SMILES string of the molecule is O=[C]C1CCCN(O)C1. The molecular formula is C6H10NO2. The Bertz CT molecular complexity index is 105. The Hall–Kier alpha value is -0.410. The maximum Gasteiger partial charge on any atom is 0.203 e. The Morgan fingerprint density at radius 3 is 2.89 bits per heavy atom. The summed E-state index contributed by atoms with van der Waals surface area (Å²) < 4.78 is 0. The van der Waals surface area contributed by atoms with E-state index in [2.05, 4.69) is 0 Å². The molecule has 1 atom stereocenters. The first-order valence-corrected chi connectivity index (χ1v) is 3.14. The summed E-state index contributed by atoms with van der Waals surface area (Å²) in [4.78, 5) is 10.0. The Balaban J connectivity index is 2.31. The second kappa shape index (κ2) is 2.94. The van der Waals surface area contributed by atoms with Crippen LogP contribution < -0.4 is 0 Å². The topological polar surface area (TPSA) is 40.5 Å². The molecule has 1 unspecified atom stereocenters. The first-order valence-electron chi connectivity index (χ1n) is 3.14. The summed E-state index contributed by atoms with van der Waals surface area (Å²) in [5, 5.41) is 10.0. The highest BCUT2D eigenvalue weighted by Gasteiger charge is 2.17. The van der Waals surface area contributed by atoms with Crippen molar-refractivity contribution in [3.63, 3.8) is 0 Å². The molecule has 1 saturated heterocycles. The molecule has 0 saturated carbocycles. The zero-order chi connectivity index (χ0) is 6.69. The molecule has 9 heavy (non-hydrogen) atoms. The van der Waals surface area contributed by atoms with Crippen molar-refractivity contribution in [1.29, 1.82) is 0 Å². The fourth-order valence-electron chi connectivity index (χ4n) is 1.05. The third kappa shape index (κ3) is 1.77. The van der Waals surface area contributed by atoms with E-state index in [1.165, 1.54) is 5.06 Å². The molecule has 1 heterocycles. The zero-order valence-corrected chi connectivity index (χ0v) is 5.21. The van der Waals surface area contributed by atoms with Crippen LogP contribution in [-0.4, -0.2) is 29.6 Å². The molecule has 3 heteroatoms. The number of hydrogen-bond acceptors (Lipinski definition) is 3. The van der Waals surface area contributed by atoms with Gasteiger partial charge in [-0.2, -0.15) is 5.06 Å². The first-order chi connectivity index (χ1) is 4.33. The zero-order valence-electron chi connectivity index (χ0n) is 5.21. The van der Waals surface area contributed by atoms with Crippen molar-refractivity contribution in [2.75, 3.05) is 13.1 Å². The second-order valence-electron chi connectivity index (χ2n) is 2.37. The van der Waals surface area contributed by atoms with E-state index in [4.69, 9.17) is 5.21 Å². The summed E-state index contributed by atoms with van der Waals surface area (Å²) >= 11 is 0. The van der Waals surface area contributed by atoms with Gasteiger partial charge in [-0.25, -0.2) is 0 Å². The lowest BCUT2D eigenvalue weighted by Gasteiger charge is -2.23.